The summed E-state index contributed by atoms with van der Waals surface area (Å²) < 4.78 is 33.1. The van der Waals surface area contributed by atoms with Crippen molar-refractivity contribution in [2.24, 2.45) is 0 Å². The van der Waals surface area contributed by atoms with Gasteiger partial charge in [-0.05, 0) is 65.2 Å². The number of hydrogen-bond acceptors (Lipinski definition) is 4. The lowest BCUT2D eigenvalue weighted by atomic mass is 10.1. The van der Waals surface area contributed by atoms with Crippen LogP contribution in [0, 0.1) is 13.8 Å². The Kier molecular flexibility index (Phi) is 5.43. The second-order valence-electron chi connectivity index (χ2n) is 4.55. The minimum atomic E-state index is -3.45. The van der Waals surface area contributed by atoms with E-state index < -0.39 is 10.0 Å². The molecule has 2 rings (SSSR count). The van der Waals surface area contributed by atoms with Crippen molar-refractivity contribution in [3.63, 3.8) is 0 Å². The van der Waals surface area contributed by atoms with E-state index in [1.165, 1.54) is 16.9 Å². The van der Waals surface area contributed by atoms with Gasteiger partial charge in [-0.3, -0.25) is 0 Å². The summed E-state index contributed by atoms with van der Waals surface area (Å²) in [5, 5.41) is 0. The first-order chi connectivity index (χ1) is 9.88. The first-order valence-corrected chi connectivity index (χ1v) is 9.43. The summed E-state index contributed by atoms with van der Waals surface area (Å²) in [7, 11) is -3.45. The molecular weight excluding hydrogens is 374 g/mol. The number of thiophene rings is 1. The fourth-order valence-corrected chi connectivity index (χ4v) is 4.73. The molecule has 1 aromatic carbocycles. The number of aryl methyl sites for hydroxylation is 2. The van der Waals surface area contributed by atoms with E-state index in [9.17, 15) is 8.42 Å². The molecule has 21 heavy (non-hydrogen) atoms. The van der Waals surface area contributed by atoms with Crippen molar-refractivity contribution in [1.82, 2.24) is 4.72 Å². The van der Waals surface area contributed by atoms with Gasteiger partial charge in [0.25, 0.3) is 0 Å². The summed E-state index contributed by atoms with van der Waals surface area (Å²) >= 11 is 4.43. The minimum Gasteiger partial charge on any atom is -0.492 e. The van der Waals surface area contributed by atoms with Gasteiger partial charge in [0.1, 0.15) is 16.6 Å². The monoisotopic (exact) mass is 389 g/mol. The second-order valence-corrected chi connectivity index (χ2v) is 9.01. The molecule has 0 aliphatic heterocycles. The molecule has 114 valence electrons. The van der Waals surface area contributed by atoms with E-state index in [4.69, 9.17) is 4.74 Å². The first-order valence-electron chi connectivity index (χ1n) is 6.33. The van der Waals surface area contributed by atoms with Crippen LogP contribution in [0.25, 0.3) is 0 Å². The van der Waals surface area contributed by atoms with Crippen molar-refractivity contribution in [3.05, 3.63) is 45.2 Å². The third-order valence-corrected chi connectivity index (χ3v) is 6.53. The molecule has 0 atom stereocenters. The van der Waals surface area contributed by atoms with E-state index >= 15 is 0 Å². The van der Waals surface area contributed by atoms with Gasteiger partial charge in [0, 0.05) is 6.54 Å². The van der Waals surface area contributed by atoms with E-state index in [0.29, 0.717) is 4.21 Å². The Balaban J connectivity index is 1.85. The predicted molar refractivity (Wildman–Crippen MR) is 88.6 cm³/mol. The topological polar surface area (TPSA) is 55.4 Å². The molecule has 0 saturated carbocycles. The van der Waals surface area contributed by atoms with E-state index in [2.05, 4.69) is 20.7 Å². The Morgan fingerprint density at radius 3 is 2.57 bits per heavy atom. The van der Waals surface area contributed by atoms with Crippen molar-refractivity contribution in [2.45, 2.75) is 18.1 Å². The highest BCUT2D eigenvalue weighted by atomic mass is 79.9. The normalized spacial score (nSPS) is 11.6. The Morgan fingerprint density at radius 1 is 1.19 bits per heavy atom. The number of benzene rings is 1. The Morgan fingerprint density at radius 2 is 1.95 bits per heavy atom. The van der Waals surface area contributed by atoms with Crippen LogP contribution in [-0.4, -0.2) is 21.6 Å². The Bertz CT molecular complexity index is 726. The zero-order valence-electron chi connectivity index (χ0n) is 11.7. The highest BCUT2D eigenvalue weighted by molar-refractivity contribution is 9.11. The van der Waals surface area contributed by atoms with Gasteiger partial charge in [0.2, 0.25) is 10.0 Å². The third-order valence-electron chi connectivity index (χ3n) is 2.95. The van der Waals surface area contributed by atoms with Crippen molar-refractivity contribution < 1.29 is 13.2 Å². The lowest BCUT2D eigenvalue weighted by Gasteiger charge is -2.09. The number of rotatable bonds is 6. The number of ether oxygens (including phenoxy) is 1. The van der Waals surface area contributed by atoms with Crippen LogP contribution in [0.5, 0.6) is 5.75 Å². The minimum absolute atomic E-state index is 0.227. The summed E-state index contributed by atoms with van der Waals surface area (Å²) in [5.41, 5.74) is 2.35. The van der Waals surface area contributed by atoms with Gasteiger partial charge < -0.3 is 4.74 Å². The van der Waals surface area contributed by atoms with Gasteiger partial charge in [0.05, 0.1) is 3.79 Å². The summed E-state index contributed by atoms with van der Waals surface area (Å²) in [6.07, 6.45) is 0. The zero-order chi connectivity index (χ0) is 15.5. The number of nitrogens with one attached hydrogen (secondary N) is 1. The van der Waals surface area contributed by atoms with Gasteiger partial charge >= 0.3 is 0 Å². The number of hydrogen-bond donors (Lipinski definition) is 1. The van der Waals surface area contributed by atoms with Crippen molar-refractivity contribution in [3.8, 4) is 5.75 Å². The second kappa shape index (κ2) is 6.91. The maximum atomic E-state index is 12.0. The Labute approximate surface area is 137 Å². The van der Waals surface area contributed by atoms with Gasteiger partial charge in [-0.1, -0.05) is 6.07 Å². The van der Waals surface area contributed by atoms with Crippen LogP contribution in [0.4, 0.5) is 0 Å². The molecule has 0 aliphatic rings. The van der Waals surface area contributed by atoms with Crippen LogP contribution in [0.15, 0.2) is 38.3 Å². The van der Waals surface area contributed by atoms with E-state index in [1.807, 2.05) is 32.0 Å². The van der Waals surface area contributed by atoms with Crippen LogP contribution in [0.3, 0.4) is 0 Å². The Hall–Kier alpha value is -0.890. The van der Waals surface area contributed by atoms with E-state index in [-0.39, 0.29) is 13.2 Å². The smallest absolute Gasteiger partial charge is 0.250 e. The van der Waals surface area contributed by atoms with Crippen molar-refractivity contribution in [1.29, 1.82) is 0 Å². The molecule has 0 bridgehead atoms. The maximum Gasteiger partial charge on any atom is 0.250 e. The molecule has 0 radical (unpaired) electrons. The average Bonchev–Trinajstić information content (AvgIpc) is 2.86. The lowest BCUT2D eigenvalue weighted by molar-refractivity contribution is 0.322. The fraction of sp³-hybridized carbons (Fsp3) is 0.286. The van der Waals surface area contributed by atoms with E-state index in [0.717, 1.165) is 15.1 Å². The standard InChI is InChI=1S/C14H16BrNO3S2/c1-10-3-4-12(9-11(10)2)19-8-7-16-21(17,18)14-6-5-13(15)20-14/h3-6,9,16H,7-8H2,1-2H3. The van der Waals surface area contributed by atoms with Crippen LogP contribution in [0.1, 0.15) is 11.1 Å². The molecule has 1 heterocycles. The fourth-order valence-electron chi connectivity index (χ4n) is 1.66. The summed E-state index contributed by atoms with van der Waals surface area (Å²) in [6.45, 7) is 4.56. The van der Waals surface area contributed by atoms with Gasteiger partial charge in [0.15, 0.2) is 0 Å². The largest absolute Gasteiger partial charge is 0.492 e. The van der Waals surface area contributed by atoms with E-state index in [1.54, 1.807) is 12.1 Å². The SMILES string of the molecule is Cc1ccc(OCCNS(=O)(=O)c2ccc(Br)s2)cc1C. The van der Waals surface area contributed by atoms with Crippen molar-refractivity contribution >= 4 is 37.3 Å². The molecular formula is C14H16BrNO3S2. The van der Waals surface area contributed by atoms with Crippen LogP contribution >= 0.6 is 27.3 Å². The predicted octanol–water partition coefficient (Wildman–Crippen LogP) is 3.48. The van der Waals surface area contributed by atoms with Gasteiger partial charge in [-0.25, -0.2) is 13.1 Å². The maximum absolute atomic E-state index is 12.0. The molecule has 0 aliphatic carbocycles. The highest BCUT2D eigenvalue weighted by Gasteiger charge is 2.15. The van der Waals surface area contributed by atoms with Gasteiger partial charge in [-0.15, -0.1) is 11.3 Å². The summed E-state index contributed by atoms with van der Waals surface area (Å²) in [5.74, 6) is 0.746. The zero-order valence-corrected chi connectivity index (χ0v) is 14.9. The molecule has 0 saturated heterocycles. The van der Waals surface area contributed by atoms with Crippen LogP contribution in [-0.2, 0) is 10.0 Å². The van der Waals surface area contributed by atoms with Crippen LogP contribution in [0.2, 0.25) is 0 Å². The molecule has 0 unspecified atom stereocenters. The highest BCUT2D eigenvalue weighted by Crippen LogP contribution is 2.25. The molecule has 7 heteroatoms. The molecule has 1 N–H and O–H groups in total. The van der Waals surface area contributed by atoms with Gasteiger partial charge in [-0.2, -0.15) is 0 Å². The summed E-state index contributed by atoms with van der Waals surface area (Å²) in [6, 6.07) is 9.09. The molecule has 0 fully saturated rings. The lowest BCUT2D eigenvalue weighted by Crippen LogP contribution is -2.27. The summed E-state index contributed by atoms with van der Waals surface area (Å²) in [4.78, 5) is 0. The molecule has 0 amide bonds. The quantitative estimate of drug-likeness (QED) is 0.769. The molecule has 0 spiro atoms. The van der Waals surface area contributed by atoms with Crippen LogP contribution < -0.4 is 9.46 Å². The molecule has 1 aromatic heterocycles. The first kappa shape index (κ1) is 16.5. The molecule has 4 nitrogen and oxygen atoms in total. The number of halogens is 1. The third kappa shape index (κ3) is 4.54. The average molecular weight is 390 g/mol. The van der Waals surface area contributed by atoms with Crippen molar-refractivity contribution in [2.75, 3.05) is 13.2 Å². The molecule has 2 aromatic rings. The number of sulfonamides is 1.